The molecule has 1 aliphatic rings. The lowest BCUT2D eigenvalue weighted by molar-refractivity contribution is 0.0714. The van der Waals surface area contributed by atoms with Gasteiger partial charge in [0.05, 0.1) is 15.3 Å². The monoisotopic (exact) mass is 390 g/mol. The molecule has 1 heterocycles. The summed E-state index contributed by atoms with van der Waals surface area (Å²) >= 11 is 9.97. The lowest BCUT2D eigenvalue weighted by atomic mass is 9.95. The van der Waals surface area contributed by atoms with E-state index in [-0.39, 0.29) is 16.2 Å². The topological polar surface area (TPSA) is 46.3 Å². The number of thiocarbonyl (C=S) groups is 1. The van der Waals surface area contributed by atoms with Crippen molar-refractivity contribution in [1.29, 1.82) is 0 Å². The van der Waals surface area contributed by atoms with E-state index >= 15 is 0 Å². The quantitative estimate of drug-likeness (QED) is 0.804. The van der Waals surface area contributed by atoms with Crippen LogP contribution in [0.2, 0.25) is 0 Å². The highest BCUT2D eigenvalue weighted by Gasteiger charge is 2.38. The lowest BCUT2D eigenvalue weighted by Crippen LogP contribution is -2.50. The van der Waals surface area contributed by atoms with Crippen LogP contribution in [0, 0.1) is 5.82 Å². The predicted octanol–water partition coefficient (Wildman–Crippen LogP) is 3.21. The van der Waals surface area contributed by atoms with Gasteiger partial charge in [0.25, 0.3) is 5.91 Å². The summed E-state index contributed by atoms with van der Waals surface area (Å²) in [6.45, 7) is 1.07. The summed E-state index contributed by atoms with van der Waals surface area (Å²) in [5.74, 6) is -0.789. The molecule has 0 bridgehead atoms. The number of piperidine rings is 1. The van der Waals surface area contributed by atoms with Gasteiger partial charge in [0, 0.05) is 17.6 Å². The maximum atomic E-state index is 13.9. The minimum absolute atomic E-state index is 0.102. The van der Waals surface area contributed by atoms with Crippen LogP contribution >= 0.6 is 39.9 Å². The Morgan fingerprint density at radius 2 is 2.10 bits per heavy atom. The van der Waals surface area contributed by atoms with Crippen LogP contribution in [-0.2, 0) is 0 Å². The Morgan fingerprint density at radius 1 is 1.48 bits per heavy atom. The van der Waals surface area contributed by atoms with E-state index in [2.05, 4.69) is 15.9 Å². The van der Waals surface area contributed by atoms with Crippen molar-refractivity contribution >= 4 is 50.8 Å². The molecule has 0 unspecified atom stereocenters. The summed E-state index contributed by atoms with van der Waals surface area (Å²) in [5, 5.41) is 0. The maximum absolute atomic E-state index is 13.9. The molecule has 0 atom stereocenters. The highest BCUT2D eigenvalue weighted by molar-refractivity contribution is 9.10. The minimum atomic E-state index is -0.509. The van der Waals surface area contributed by atoms with Crippen molar-refractivity contribution < 1.29 is 9.18 Å². The van der Waals surface area contributed by atoms with Crippen LogP contribution in [0.1, 0.15) is 23.2 Å². The van der Waals surface area contributed by atoms with Crippen LogP contribution in [0.5, 0.6) is 0 Å². The number of carbonyl (C=O) groups is 1. The summed E-state index contributed by atoms with van der Waals surface area (Å²) in [5.41, 5.74) is 5.93. The Hall–Kier alpha value is -0.660. The molecule has 3 nitrogen and oxygen atoms in total. The zero-order valence-corrected chi connectivity index (χ0v) is 14.8. The third-order valence-corrected chi connectivity index (χ3v) is 6.28. The molecule has 1 amide bonds. The maximum Gasteiger partial charge on any atom is 0.256 e. The second-order valence-electron chi connectivity index (χ2n) is 4.98. The highest BCUT2D eigenvalue weighted by atomic mass is 79.9. The van der Waals surface area contributed by atoms with Gasteiger partial charge < -0.3 is 10.6 Å². The smallest absolute Gasteiger partial charge is 0.256 e. The summed E-state index contributed by atoms with van der Waals surface area (Å²) < 4.78 is 14.3. The normalized spacial score (nSPS) is 17.6. The van der Waals surface area contributed by atoms with Gasteiger partial charge in [0.1, 0.15) is 5.82 Å². The molecule has 0 radical (unpaired) electrons. The molecule has 0 aliphatic carbocycles. The summed E-state index contributed by atoms with van der Waals surface area (Å²) in [7, 11) is 0. The SMILES string of the molecule is CSC1(C(N)=S)CCN(C(=O)c2ccc(Br)cc2F)CC1. The first-order valence-corrected chi connectivity index (χ1v) is 8.91. The largest absolute Gasteiger partial charge is 0.392 e. The Bertz CT molecular complexity index is 574. The molecule has 114 valence electrons. The number of benzene rings is 1. The predicted molar refractivity (Wildman–Crippen MR) is 92.3 cm³/mol. The second kappa shape index (κ2) is 6.62. The van der Waals surface area contributed by atoms with Gasteiger partial charge in [-0.25, -0.2) is 4.39 Å². The standard InChI is InChI=1S/C14H16BrFN2OS2/c1-21-14(13(17)20)4-6-18(7-5-14)12(19)10-3-2-9(15)8-11(10)16/h2-3,8H,4-7H2,1H3,(H2,17,20). The van der Waals surface area contributed by atoms with E-state index in [0.29, 0.717) is 35.4 Å². The second-order valence-corrected chi connectivity index (χ2v) is 7.52. The highest BCUT2D eigenvalue weighted by Crippen LogP contribution is 2.35. The van der Waals surface area contributed by atoms with E-state index < -0.39 is 5.82 Å². The van der Waals surface area contributed by atoms with Crippen LogP contribution in [0.25, 0.3) is 0 Å². The first kappa shape index (κ1) is 16.7. The van der Waals surface area contributed by atoms with E-state index in [0.717, 1.165) is 0 Å². The number of nitrogens with zero attached hydrogens (tertiary/aromatic N) is 1. The Kier molecular flexibility index (Phi) is 5.27. The molecule has 1 aromatic carbocycles. The lowest BCUT2D eigenvalue weighted by Gasteiger charge is -2.40. The summed E-state index contributed by atoms with van der Waals surface area (Å²) in [6, 6.07) is 4.48. The van der Waals surface area contributed by atoms with Crippen molar-refractivity contribution in [3.05, 3.63) is 34.1 Å². The van der Waals surface area contributed by atoms with Crippen LogP contribution in [-0.4, -0.2) is 39.9 Å². The Morgan fingerprint density at radius 3 is 2.57 bits per heavy atom. The van der Waals surface area contributed by atoms with Gasteiger partial charge in [-0.15, -0.1) is 0 Å². The van der Waals surface area contributed by atoms with Crippen molar-refractivity contribution in [2.45, 2.75) is 17.6 Å². The minimum Gasteiger partial charge on any atom is -0.392 e. The molecule has 7 heteroatoms. The van der Waals surface area contributed by atoms with Gasteiger partial charge in [-0.05, 0) is 37.3 Å². The van der Waals surface area contributed by atoms with Crippen LogP contribution in [0.15, 0.2) is 22.7 Å². The number of halogens is 2. The van der Waals surface area contributed by atoms with Gasteiger partial charge >= 0.3 is 0 Å². The molecule has 1 aliphatic heterocycles. The first-order valence-electron chi connectivity index (χ1n) is 6.49. The number of hydrogen-bond acceptors (Lipinski definition) is 3. The van der Waals surface area contributed by atoms with Crippen molar-refractivity contribution in [2.75, 3.05) is 19.3 Å². The zero-order chi connectivity index (χ0) is 15.6. The average Bonchev–Trinajstić information content (AvgIpc) is 2.46. The number of thioether (sulfide) groups is 1. The van der Waals surface area contributed by atoms with Gasteiger partial charge in [0.2, 0.25) is 0 Å². The van der Waals surface area contributed by atoms with Gasteiger partial charge in [-0.2, -0.15) is 11.8 Å². The van der Waals surface area contributed by atoms with E-state index in [4.69, 9.17) is 18.0 Å². The van der Waals surface area contributed by atoms with Gasteiger partial charge in [-0.1, -0.05) is 28.1 Å². The molecular formula is C14H16BrFN2OS2. The fourth-order valence-corrected chi connectivity index (χ4v) is 4.03. The molecule has 0 saturated carbocycles. The molecular weight excluding hydrogens is 375 g/mol. The fraction of sp³-hybridized carbons (Fsp3) is 0.429. The van der Waals surface area contributed by atoms with Crippen molar-refractivity contribution in [3.63, 3.8) is 0 Å². The van der Waals surface area contributed by atoms with Crippen LogP contribution in [0.3, 0.4) is 0 Å². The number of carbonyl (C=O) groups excluding carboxylic acids is 1. The third-order valence-electron chi connectivity index (χ3n) is 3.86. The number of amides is 1. The Balaban J connectivity index is 2.12. The Labute approximate surface area is 141 Å². The first-order chi connectivity index (χ1) is 9.89. The van der Waals surface area contributed by atoms with Crippen LogP contribution in [0.4, 0.5) is 4.39 Å². The number of hydrogen-bond donors (Lipinski definition) is 1. The molecule has 0 aromatic heterocycles. The molecule has 21 heavy (non-hydrogen) atoms. The summed E-state index contributed by atoms with van der Waals surface area (Å²) in [4.78, 5) is 14.5. The van der Waals surface area contributed by atoms with Crippen LogP contribution < -0.4 is 5.73 Å². The van der Waals surface area contributed by atoms with Crippen molar-refractivity contribution in [2.24, 2.45) is 5.73 Å². The zero-order valence-electron chi connectivity index (χ0n) is 11.6. The molecule has 1 saturated heterocycles. The van der Waals surface area contributed by atoms with Crippen molar-refractivity contribution in [3.8, 4) is 0 Å². The van der Waals surface area contributed by atoms with E-state index in [1.165, 1.54) is 12.1 Å². The number of likely N-dealkylation sites (tertiary alicyclic amines) is 1. The van der Waals surface area contributed by atoms with Gasteiger partial charge in [0.15, 0.2) is 0 Å². The number of rotatable bonds is 3. The number of nitrogens with two attached hydrogens (primary N) is 1. The summed E-state index contributed by atoms with van der Waals surface area (Å²) in [6.07, 6.45) is 3.38. The molecule has 2 N–H and O–H groups in total. The molecule has 1 aromatic rings. The van der Waals surface area contributed by atoms with Crippen molar-refractivity contribution in [1.82, 2.24) is 4.90 Å². The van der Waals surface area contributed by atoms with E-state index in [1.54, 1.807) is 22.7 Å². The molecule has 2 rings (SSSR count). The fourth-order valence-electron chi connectivity index (χ4n) is 2.46. The third kappa shape index (κ3) is 3.40. The van der Waals surface area contributed by atoms with E-state index in [1.807, 2.05) is 6.26 Å². The average molecular weight is 391 g/mol. The molecule has 1 fully saturated rings. The van der Waals surface area contributed by atoms with E-state index in [9.17, 15) is 9.18 Å². The van der Waals surface area contributed by atoms with Gasteiger partial charge in [-0.3, -0.25) is 4.79 Å². The molecule has 0 spiro atoms.